The van der Waals surface area contributed by atoms with E-state index in [1.807, 2.05) is 54.7 Å². The van der Waals surface area contributed by atoms with E-state index in [1.54, 1.807) is 0 Å². The first-order valence-electron chi connectivity index (χ1n) is 6.62. The molecule has 0 bridgehead atoms. The molecule has 0 radical (unpaired) electrons. The molecule has 0 fully saturated rings. The summed E-state index contributed by atoms with van der Waals surface area (Å²) in [5.41, 5.74) is 5.26. The van der Waals surface area contributed by atoms with E-state index < -0.39 is 0 Å². The lowest BCUT2D eigenvalue weighted by atomic mass is 10.2. The smallest absolute Gasteiger partial charge is 0.155 e. The Balaban J connectivity index is 1.66. The summed E-state index contributed by atoms with van der Waals surface area (Å²) in [7, 11) is 1.94. The number of rotatable bonds is 4. The quantitative estimate of drug-likeness (QED) is 0.778. The number of nitrogens with one attached hydrogen (secondary N) is 1. The van der Waals surface area contributed by atoms with Crippen LogP contribution in [0.25, 0.3) is 5.65 Å². The van der Waals surface area contributed by atoms with Crippen molar-refractivity contribution in [2.45, 2.75) is 26.9 Å². The van der Waals surface area contributed by atoms with Crippen LogP contribution in [0.4, 0.5) is 0 Å². The van der Waals surface area contributed by atoms with E-state index >= 15 is 0 Å². The lowest BCUT2D eigenvalue weighted by Gasteiger charge is -2.04. The summed E-state index contributed by atoms with van der Waals surface area (Å²) in [4.78, 5) is 4.39. The van der Waals surface area contributed by atoms with Crippen molar-refractivity contribution in [2.24, 2.45) is 7.05 Å². The molecular formula is C14H18N6. The minimum atomic E-state index is 0.760. The van der Waals surface area contributed by atoms with Gasteiger partial charge in [-0.1, -0.05) is 0 Å². The predicted molar refractivity (Wildman–Crippen MR) is 76.2 cm³/mol. The Labute approximate surface area is 117 Å². The summed E-state index contributed by atoms with van der Waals surface area (Å²) in [5.74, 6) is 0. The Morgan fingerprint density at radius 3 is 2.75 bits per heavy atom. The highest BCUT2D eigenvalue weighted by molar-refractivity contribution is 5.38. The third-order valence-corrected chi connectivity index (χ3v) is 3.25. The molecule has 3 heterocycles. The Morgan fingerprint density at radius 1 is 1.15 bits per heavy atom. The molecule has 6 heteroatoms. The SMILES string of the molecule is Cc1cc2ncc(CNCc3cn(C)nc3C)cn2n1. The fraction of sp³-hybridized carbons (Fsp3) is 0.357. The maximum absolute atomic E-state index is 4.39. The van der Waals surface area contributed by atoms with Crippen LogP contribution in [-0.2, 0) is 20.1 Å². The summed E-state index contributed by atoms with van der Waals surface area (Å²) in [5, 5.41) is 12.1. The molecule has 20 heavy (non-hydrogen) atoms. The number of hydrogen-bond donors (Lipinski definition) is 1. The first kappa shape index (κ1) is 12.8. The monoisotopic (exact) mass is 270 g/mol. The summed E-state index contributed by atoms with van der Waals surface area (Å²) in [6.45, 7) is 5.56. The van der Waals surface area contributed by atoms with Crippen LogP contribution in [0.2, 0.25) is 0 Å². The molecule has 3 rings (SSSR count). The zero-order valence-electron chi connectivity index (χ0n) is 12.0. The van der Waals surface area contributed by atoms with Crippen LogP contribution in [0.5, 0.6) is 0 Å². The van der Waals surface area contributed by atoms with Gasteiger partial charge in [0, 0.05) is 55.9 Å². The van der Waals surface area contributed by atoms with Gasteiger partial charge in [-0.05, 0) is 13.8 Å². The normalized spacial score (nSPS) is 11.3. The fourth-order valence-corrected chi connectivity index (χ4v) is 2.29. The molecule has 0 atom stereocenters. The van der Waals surface area contributed by atoms with E-state index in [0.29, 0.717) is 0 Å². The minimum absolute atomic E-state index is 0.760. The van der Waals surface area contributed by atoms with Gasteiger partial charge in [0.1, 0.15) is 0 Å². The summed E-state index contributed by atoms with van der Waals surface area (Å²) in [6.07, 6.45) is 5.94. The fourth-order valence-electron chi connectivity index (χ4n) is 2.29. The van der Waals surface area contributed by atoms with Gasteiger partial charge in [-0.25, -0.2) is 9.50 Å². The highest BCUT2D eigenvalue weighted by Crippen LogP contribution is 2.06. The Hall–Kier alpha value is -2.21. The van der Waals surface area contributed by atoms with E-state index in [1.165, 1.54) is 5.56 Å². The van der Waals surface area contributed by atoms with Crippen LogP contribution >= 0.6 is 0 Å². The second-order valence-electron chi connectivity index (χ2n) is 5.07. The molecule has 0 unspecified atom stereocenters. The Morgan fingerprint density at radius 2 is 2.00 bits per heavy atom. The highest BCUT2D eigenvalue weighted by Gasteiger charge is 2.04. The zero-order valence-corrected chi connectivity index (χ0v) is 12.0. The number of fused-ring (bicyclic) bond motifs is 1. The molecule has 0 aromatic carbocycles. The average Bonchev–Trinajstić information content (AvgIpc) is 2.90. The van der Waals surface area contributed by atoms with Crippen molar-refractivity contribution in [3.8, 4) is 0 Å². The van der Waals surface area contributed by atoms with Crippen molar-refractivity contribution in [3.05, 3.63) is 47.2 Å². The molecular weight excluding hydrogens is 252 g/mol. The molecule has 6 nitrogen and oxygen atoms in total. The molecule has 0 saturated heterocycles. The van der Waals surface area contributed by atoms with Gasteiger partial charge in [0.15, 0.2) is 5.65 Å². The maximum Gasteiger partial charge on any atom is 0.155 e. The largest absolute Gasteiger partial charge is 0.308 e. The molecule has 3 aromatic heterocycles. The molecule has 0 aliphatic rings. The van der Waals surface area contributed by atoms with Crippen molar-refractivity contribution < 1.29 is 0 Å². The van der Waals surface area contributed by atoms with E-state index in [9.17, 15) is 0 Å². The summed E-state index contributed by atoms with van der Waals surface area (Å²) < 4.78 is 3.66. The van der Waals surface area contributed by atoms with Crippen molar-refractivity contribution in [1.29, 1.82) is 0 Å². The molecule has 0 amide bonds. The number of aromatic nitrogens is 5. The van der Waals surface area contributed by atoms with Gasteiger partial charge in [-0.15, -0.1) is 0 Å². The lowest BCUT2D eigenvalue weighted by molar-refractivity contribution is 0.682. The van der Waals surface area contributed by atoms with Gasteiger partial charge in [0.2, 0.25) is 0 Å². The maximum atomic E-state index is 4.39. The van der Waals surface area contributed by atoms with Gasteiger partial charge >= 0.3 is 0 Å². The minimum Gasteiger partial charge on any atom is -0.308 e. The Bertz CT molecular complexity index is 739. The van der Waals surface area contributed by atoms with E-state index in [-0.39, 0.29) is 0 Å². The third-order valence-electron chi connectivity index (χ3n) is 3.25. The zero-order chi connectivity index (χ0) is 14.1. The van der Waals surface area contributed by atoms with Gasteiger partial charge in [0.25, 0.3) is 0 Å². The second kappa shape index (κ2) is 5.05. The second-order valence-corrected chi connectivity index (χ2v) is 5.07. The summed E-state index contributed by atoms with van der Waals surface area (Å²) >= 11 is 0. The van der Waals surface area contributed by atoms with E-state index in [0.717, 1.165) is 35.7 Å². The number of hydrogen-bond acceptors (Lipinski definition) is 4. The van der Waals surface area contributed by atoms with Crippen molar-refractivity contribution in [3.63, 3.8) is 0 Å². The number of nitrogens with zero attached hydrogens (tertiary/aromatic N) is 5. The first-order valence-corrected chi connectivity index (χ1v) is 6.62. The molecule has 0 aliphatic carbocycles. The van der Waals surface area contributed by atoms with Crippen molar-refractivity contribution in [1.82, 2.24) is 29.7 Å². The molecule has 104 valence electrons. The summed E-state index contributed by atoms with van der Waals surface area (Å²) in [6, 6.07) is 1.97. The topological polar surface area (TPSA) is 60.0 Å². The van der Waals surface area contributed by atoms with Crippen LogP contribution in [-0.4, -0.2) is 24.4 Å². The predicted octanol–water partition coefficient (Wildman–Crippen LogP) is 1.37. The van der Waals surface area contributed by atoms with Crippen molar-refractivity contribution >= 4 is 5.65 Å². The van der Waals surface area contributed by atoms with Gasteiger partial charge in [0.05, 0.1) is 11.4 Å². The van der Waals surface area contributed by atoms with Gasteiger partial charge < -0.3 is 5.32 Å². The van der Waals surface area contributed by atoms with Crippen LogP contribution in [0.3, 0.4) is 0 Å². The molecule has 1 N–H and O–H groups in total. The highest BCUT2D eigenvalue weighted by atomic mass is 15.3. The molecule has 3 aromatic rings. The third kappa shape index (κ3) is 2.55. The average molecular weight is 270 g/mol. The van der Waals surface area contributed by atoms with Crippen LogP contribution in [0.15, 0.2) is 24.7 Å². The first-order chi connectivity index (χ1) is 9.61. The van der Waals surface area contributed by atoms with Crippen LogP contribution in [0, 0.1) is 13.8 Å². The van der Waals surface area contributed by atoms with Gasteiger partial charge in [-0.2, -0.15) is 10.2 Å². The standard InChI is InChI=1S/C14H18N6/c1-10-4-14-16-6-12(8-20(14)17-10)5-15-7-13-9-19(3)18-11(13)2/h4,6,8-9,15H,5,7H2,1-3H3. The lowest BCUT2D eigenvalue weighted by Crippen LogP contribution is -2.13. The molecule has 0 aliphatic heterocycles. The van der Waals surface area contributed by atoms with Gasteiger partial charge in [-0.3, -0.25) is 4.68 Å². The van der Waals surface area contributed by atoms with Crippen LogP contribution < -0.4 is 5.32 Å². The number of aryl methyl sites for hydroxylation is 3. The molecule has 0 spiro atoms. The van der Waals surface area contributed by atoms with Crippen LogP contribution in [0.1, 0.15) is 22.5 Å². The van der Waals surface area contributed by atoms with E-state index in [4.69, 9.17) is 0 Å². The van der Waals surface area contributed by atoms with E-state index in [2.05, 4.69) is 20.5 Å². The molecule has 0 saturated carbocycles. The Kier molecular flexibility index (Phi) is 3.23. The van der Waals surface area contributed by atoms with Crippen molar-refractivity contribution in [2.75, 3.05) is 0 Å².